The number of urea groups is 1. The maximum atomic E-state index is 11.6. The molecule has 0 heterocycles. The number of hydrogen-bond acceptors (Lipinski definition) is 4. The molecule has 0 rings (SSSR count). The quantitative estimate of drug-likeness (QED) is 0.676. The molecule has 8 heteroatoms. The van der Waals surface area contributed by atoms with Crippen LogP contribution in [0.25, 0.3) is 0 Å². The van der Waals surface area contributed by atoms with Crippen molar-refractivity contribution in [1.82, 2.24) is 10.2 Å². The van der Waals surface area contributed by atoms with Crippen molar-refractivity contribution in [3.05, 3.63) is 0 Å². The number of sulfone groups is 1. The highest BCUT2D eigenvalue weighted by atomic mass is 32.2. The number of hydrogen-bond donors (Lipinski definition) is 2. The summed E-state index contributed by atoms with van der Waals surface area (Å²) < 4.78 is 21.7. The molecule has 100 valence electrons. The molecule has 0 fully saturated rings. The largest absolute Gasteiger partial charge is 0.480 e. The highest BCUT2D eigenvalue weighted by molar-refractivity contribution is 7.90. The van der Waals surface area contributed by atoms with Gasteiger partial charge in [0.05, 0.1) is 5.75 Å². The third-order valence-electron chi connectivity index (χ3n) is 1.94. The first kappa shape index (κ1) is 15.7. The molecule has 0 unspecified atom stereocenters. The second-order valence-corrected chi connectivity index (χ2v) is 6.24. The van der Waals surface area contributed by atoms with E-state index in [-0.39, 0.29) is 18.3 Å². The van der Waals surface area contributed by atoms with Crippen molar-refractivity contribution in [2.24, 2.45) is 0 Å². The molecule has 2 N–H and O–H groups in total. The Morgan fingerprint density at radius 2 is 1.88 bits per heavy atom. The first-order valence-corrected chi connectivity index (χ1v) is 7.13. The minimum absolute atomic E-state index is 0.0273. The second-order valence-electron chi connectivity index (χ2n) is 3.98. The van der Waals surface area contributed by atoms with Gasteiger partial charge in [0, 0.05) is 18.8 Å². The lowest BCUT2D eigenvalue weighted by Crippen LogP contribution is -2.47. The van der Waals surface area contributed by atoms with Crippen molar-refractivity contribution in [2.75, 3.05) is 25.1 Å². The van der Waals surface area contributed by atoms with Crippen LogP contribution in [0.4, 0.5) is 4.79 Å². The molecule has 0 radical (unpaired) electrons. The maximum absolute atomic E-state index is 11.6. The van der Waals surface area contributed by atoms with Crippen LogP contribution in [0.2, 0.25) is 0 Å². The average molecular weight is 266 g/mol. The monoisotopic (exact) mass is 266 g/mol. The lowest BCUT2D eigenvalue weighted by atomic mass is 10.3. The van der Waals surface area contributed by atoms with Gasteiger partial charge < -0.3 is 15.3 Å². The molecular weight excluding hydrogens is 248 g/mol. The van der Waals surface area contributed by atoms with E-state index in [1.54, 1.807) is 13.8 Å². The number of carboxylic acid groups (broad SMARTS) is 1. The van der Waals surface area contributed by atoms with Crippen LogP contribution in [-0.4, -0.2) is 61.6 Å². The summed E-state index contributed by atoms with van der Waals surface area (Å²) in [5, 5.41) is 11.0. The number of rotatable bonds is 6. The van der Waals surface area contributed by atoms with Gasteiger partial charge in [-0.3, -0.25) is 4.79 Å². The Hall–Kier alpha value is -1.31. The number of carbonyl (C=O) groups is 2. The average Bonchev–Trinajstić information content (AvgIpc) is 2.11. The Balaban J connectivity index is 4.29. The van der Waals surface area contributed by atoms with E-state index in [2.05, 4.69) is 5.32 Å². The number of nitrogens with one attached hydrogen (secondary N) is 1. The van der Waals surface area contributed by atoms with Crippen LogP contribution < -0.4 is 5.32 Å². The second kappa shape index (κ2) is 6.43. The van der Waals surface area contributed by atoms with E-state index in [0.717, 1.165) is 11.2 Å². The number of carbonyl (C=O) groups excluding carboxylic acids is 1. The summed E-state index contributed by atoms with van der Waals surface area (Å²) in [5.41, 5.74) is 0. The zero-order valence-corrected chi connectivity index (χ0v) is 11.0. The van der Waals surface area contributed by atoms with Gasteiger partial charge in [-0.1, -0.05) is 0 Å². The predicted molar refractivity (Wildman–Crippen MR) is 62.6 cm³/mol. The van der Waals surface area contributed by atoms with Gasteiger partial charge in [-0.2, -0.15) is 0 Å². The maximum Gasteiger partial charge on any atom is 0.323 e. The van der Waals surface area contributed by atoms with Crippen molar-refractivity contribution >= 4 is 21.8 Å². The van der Waals surface area contributed by atoms with Crippen molar-refractivity contribution in [3.63, 3.8) is 0 Å². The SMILES string of the molecule is CC(C)N(CC(=O)O)C(=O)NCCS(C)(=O)=O. The van der Waals surface area contributed by atoms with E-state index in [0.29, 0.717) is 0 Å². The van der Waals surface area contributed by atoms with Crippen molar-refractivity contribution in [1.29, 1.82) is 0 Å². The highest BCUT2D eigenvalue weighted by Gasteiger charge is 2.19. The Morgan fingerprint density at radius 3 is 2.24 bits per heavy atom. The summed E-state index contributed by atoms with van der Waals surface area (Å²) in [6.07, 6.45) is 1.07. The zero-order valence-electron chi connectivity index (χ0n) is 10.1. The fourth-order valence-electron chi connectivity index (χ4n) is 1.08. The molecule has 0 aliphatic carbocycles. The predicted octanol–water partition coefficient (Wildman–Crippen LogP) is -0.464. The molecule has 0 aliphatic heterocycles. The lowest BCUT2D eigenvalue weighted by molar-refractivity contribution is -0.138. The van der Waals surface area contributed by atoms with Crippen LogP contribution in [0.1, 0.15) is 13.8 Å². The van der Waals surface area contributed by atoms with Crippen LogP contribution in [0.5, 0.6) is 0 Å². The van der Waals surface area contributed by atoms with E-state index in [9.17, 15) is 18.0 Å². The Labute approximate surface area is 101 Å². The number of nitrogens with zero attached hydrogens (tertiary/aromatic N) is 1. The molecular formula is C9H18N2O5S. The third kappa shape index (κ3) is 7.56. The zero-order chi connectivity index (χ0) is 13.6. The molecule has 0 saturated heterocycles. The smallest absolute Gasteiger partial charge is 0.323 e. The van der Waals surface area contributed by atoms with Gasteiger partial charge in [0.25, 0.3) is 0 Å². The minimum Gasteiger partial charge on any atom is -0.480 e. The van der Waals surface area contributed by atoms with Gasteiger partial charge in [0.15, 0.2) is 0 Å². The molecule has 2 amide bonds. The van der Waals surface area contributed by atoms with E-state index in [1.165, 1.54) is 0 Å². The van der Waals surface area contributed by atoms with Gasteiger partial charge in [-0.05, 0) is 13.8 Å². The van der Waals surface area contributed by atoms with E-state index < -0.39 is 28.4 Å². The van der Waals surface area contributed by atoms with Gasteiger partial charge in [-0.15, -0.1) is 0 Å². The van der Waals surface area contributed by atoms with Crippen molar-refractivity contribution in [2.45, 2.75) is 19.9 Å². The Kier molecular flexibility index (Phi) is 5.94. The van der Waals surface area contributed by atoms with Gasteiger partial charge in [0.2, 0.25) is 0 Å². The molecule has 0 aliphatic rings. The van der Waals surface area contributed by atoms with Crippen molar-refractivity contribution in [3.8, 4) is 0 Å². The third-order valence-corrected chi connectivity index (χ3v) is 2.88. The molecule has 7 nitrogen and oxygen atoms in total. The van der Waals surface area contributed by atoms with Gasteiger partial charge >= 0.3 is 12.0 Å². The van der Waals surface area contributed by atoms with Crippen molar-refractivity contribution < 1.29 is 23.1 Å². The Morgan fingerprint density at radius 1 is 1.35 bits per heavy atom. The molecule has 0 bridgehead atoms. The standard InChI is InChI=1S/C9H18N2O5S/c1-7(2)11(6-8(12)13)9(14)10-4-5-17(3,15)16/h7H,4-6H2,1-3H3,(H,10,14)(H,12,13). The van der Waals surface area contributed by atoms with Crippen LogP contribution >= 0.6 is 0 Å². The fourth-order valence-corrected chi connectivity index (χ4v) is 1.55. The molecule has 17 heavy (non-hydrogen) atoms. The normalized spacial score (nSPS) is 11.3. The summed E-state index contributed by atoms with van der Waals surface area (Å²) in [5.74, 6) is -1.28. The van der Waals surface area contributed by atoms with E-state index in [4.69, 9.17) is 5.11 Å². The first-order chi connectivity index (χ1) is 7.63. The topological polar surface area (TPSA) is 104 Å². The number of aliphatic carboxylic acids is 1. The van der Waals surface area contributed by atoms with Crippen LogP contribution in [-0.2, 0) is 14.6 Å². The molecule has 0 atom stereocenters. The fraction of sp³-hybridized carbons (Fsp3) is 0.778. The van der Waals surface area contributed by atoms with Gasteiger partial charge in [-0.25, -0.2) is 13.2 Å². The van der Waals surface area contributed by atoms with E-state index in [1.807, 2.05) is 0 Å². The number of amides is 2. The Bertz CT molecular complexity index is 377. The molecule has 0 aromatic rings. The molecule has 0 aromatic carbocycles. The first-order valence-electron chi connectivity index (χ1n) is 5.07. The molecule has 0 saturated carbocycles. The summed E-state index contributed by atoms with van der Waals surface area (Å²) in [6, 6.07) is -0.851. The van der Waals surface area contributed by atoms with Gasteiger partial charge in [0.1, 0.15) is 16.4 Å². The van der Waals surface area contributed by atoms with Crippen LogP contribution in [0.15, 0.2) is 0 Å². The van der Waals surface area contributed by atoms with Crippen LogP contribution in [0, 0.1) is 0 Å². The molecule has 0 spiro atoms. The summed E-state index contributed by atoms with van der Waals surface area (Å²) >= 11 is 0. The summed E-state index contributed by atoms with van der Waals surface area (Å²) in [6.45, 7) is 2.92. The highest BCUT2D eigenvalue weighted by Crippen LogP contribution is 1.98. The minimum atomic E-state index is -3.14. The number of carboxylic acids is 1. The summed E-state index contributed by atoms with van der Waals surface area (Å²) in [7, 11) is -3.14. The van der Waals surface area contributed by atoms with E-state index >= 15 is 0 Å². The lowest BCUT2D eigenvalue weighted by Gasteiger charge is -2.24. The van der Waals surface area contributed by atoms with Crippen LogP contribution in [0.3, 0.4) is 0 Å². The molecule has 0 aromatic heterocycles. The summed E-state index contributed by atoms with van der Waals surface area (Å²) in [4.78, 5) is 23.2.